The Bertz CT molecular complexity index is 306. The van der Waals surface area contributed by atoms with Crippen LogP contribution in [0, 0.1) is 0 Å². The molecule has 6 heteroatoms. The summed E-state index contributed by atoms with van der Waals surface area (Å²) < 4.78 is 24.6. The first-order valence-corrected chi connectivity index (χ1v) is 4.37. The van der Waals surface area contributed by atoms with Crippen molar-refractivity contribution in [2.75, 3.05) is 0 Å². The van der Waals surface area contributed by atoms with Gasteiger partial charge in [-0.3, -0.25) is 0 Å². The van der Waals surface area contributed by atoms with Crippen LogP contribution in [-0.2, 0) is 0 Å². The molecule has 66 valence electrons. The summed E-state index contributed by atoms with van der Waals surface area (Å²) in [6.45, 7) is 0. The van der Waals surface area contributed by atoms with Gasteiger partial charge in [-0.15, -0.1) is 0 Å². The summed E-state index contributed by atoms with van der Waals surface area (Å²) in [6.07, 6.45) is -2.64. The van der Waals surface area contributed by atoms with Crippen LogP contribution in [0.3, 0.4) is 0 Å². The Balaban J connectivity index is 3.23. The van der Waals surface area contributed by atoms with E-state index >= 15 is 0 Å². The minimum absolute atomic E-state index is 0.0735. The van der Waals surface area contributed by atoms with Crippen molar-refractivity contribution in [1.82, 2.24) is 4.98 Å². The van der Waals surface area contributed by atoms with Crippen molar-refractivity contribution in [3.63, 3.8) is 0 Å². The van der Waals surface area contributed by atoms with Gasteiger partial charge >= 0.3 is 0 Å². The van der Waals surface area contributed by atoms with E-state index in [2.05, 4.69) is 20.9 Å². The van der Waals surface area contributed by atoms with Crippen LogP contribution in [0.5, 0.6) is 0 Å². The van der Waals surface area contributed by atoms with Crippen LogP contribution in [0.2, 0.25) is 10.3 Å². The van der Waals surface area contributed by atoms with Crippen LogP contribution in [0.4, 0.5) is 8.78 Å². The fourth-order valence-electron chi connectivity index (χ4n) is 0.613. The van der Waals surface area contributed by atoms with E-state index in [-0.39, 0.29) is 15.9 Å². The summed E-state index contributed by atoms with van der Waals surface area (Å²) in [6, 6.07) is 1.16. The Morgan fingerprint density at radius 2 is 1.92 bits per heavy atom. The van der Waals surface area contributed by atoms with Gasteiger partial charge in [0.15, 0.2) is 0 Å². The summed E-state index contributed by atoms with van der Waals surface area (Å²) >= 11 is 13.9. The van der Waals surface area contributed by atoms with Crippen LogP contribution >= 0.6 is 39.1 Å². The molecule has 0 atom stereocenters. The molecule has 0 fully saturated rings. The first-order valence-electron chi connectivity index (χ1n) is 2.82. The lowest BCUT2D eigenvalue weighted by molar-refractivity contribution is 0.151. The highest BCUT2D eigenvalue weighted by molar-refractivity contribution is 9.10. The van der Waals surface area contributed by atoms with Crippen LogP contribution in [-0.4, -0.2) is 4.98 Å². The van der Waals surface area contributed by atoms with Crippen molar-refractivity contribution < 1.29 is 8.78 Å². The predicted octanol–water partition coefficient (Wildman–Crippen LogP) is 4.09. The zero-order valence-electron chi connectivity index (χ0n) is 5.49. The average molecular weight is 277 g/mol. The summed E-state index contributed by atoms with van der Waals surface area (Å²) in [5, 5.41) is -0.192. The van der Waals surface area contributed by atoms with Gasteiger partial charge in [0.05, 0.1) is 10.0 Å². The molecule has 12 heavy (non-hydrogen) atoms. The lowest BCUT2D eigenvalue weighted by atomic mass is 10.3. The molecule has 0 radical (unpaired) electrons. The minimum atomic E-state index is -2.64. The van der Waals surface area contributed by atoms with E-state index < -0.39 is 6.43 Å². The molecule has 1 rings (SSSR count). The maximum absolute atomic E-state index is 12.2. The third-order valence-corrected chi connectivity index (χ3v) is 2.57. The van der Waals surface area contributed by atoms with Gasteiger partial charge < -0.3 is 0 Å². The predicted molar refractivity (Wildman–Crippen MR) is 46.9 cm³/mol. The second-order valence-corrected chi connectivity index (χ2v) is 3.51. The van der Waals surface area contributed by atoms with Gasteiger partial charge in [-0.2, -0.15) is 0 Å². The molecule has 1 nitrogen and oxygen atoms in total. The number of hydrogen-bond acceptors (Lipinski definition) is 1. The third-order valence-electron chi connectivity index (χ3n) is 1.15. The molecular formula is C6H2BrCl2F2N. The number of rotatable bonds is 1. The Kier molecular flexibility index (Phi) is 3.26. The molecule has 0 saturated heterocycles. The molecule has 0 aliphatic carbocycles. The smallest absolute Gasteiger partial charge is 0.223 e. The van der Waals surface area contributed by atoms with Gasteiger partial charge in [0, 0.05) is 0 Å². The Morgan fingerprint density at radius 1 is 1.33 bits per heavy atom. The van der Waals surface area contributed by atoms with E-state index in [1.165, 1.54) is 0 Å². The molecule has 1 aromatic heterocycles. The first-order chi connectivity index (χ1) is 5.52. The van der Waals surface area contributed by atoms with Gasteiger partial charge in [0.1, 0.15) is 10.3 Å². The number of aromatic nitrogens is 1. The number of alkyl halides is 2. The largest absolute Gasteiger partial charge is 0.266 e. The van der Waals surface area contributed by atoms with Crippen molar-refractivity contribution in [1.29, 1.82) is 0 Å². The second-order valence-electron chi connectivity index (χ2n) is 1.94. The Hall–Kier alpha value is 0.0700. The molecule has 1 heterocycles. The molecule has 0 aliphatic rings. The quantitative estimate of drug-likeness (QED) is 0.704. The Morgan fingerprint density at radius 3 is 2.42 bits per heavy atom. The highest BCUT2D eigenvalue weighted by atomic mass is 79.9. The van der Waals surface area contributed by atoms with Crippen molar-refractivity contribution in [3.05, 3.63) is 26.4 Å². The first kappa shape index (κ1) is 10.2. The molecule has 0 unspecified atom stereocenters. The normalized spacial score (nSPS) is 10.8. The van der Waals surface area contributed by atoms with Crippen LogP contribution in [0.15, 0.2) is 10.5 Å². The fourth-order valence-corrected chi connectivity index (χ4v) is 1.35. The van der Waals surface area contributed by atoms with Gasteiger partial charge in [0.2, 0.25) is 0 Å². The van der Waals surface area contributed by atoms with Gasteiger partial charge in [-0.1, -0.05) is 23.2 Å². The molecule has 0 N–H and O–H groups in total. The zero-order valence-corrected chi connectivity index (χ0v) is 8.59. The highest BCUT2D eigenvalue weighted by Crippen LogP contribution is 2.31. The molecule has 0 amide bonds. The number of halogens is 5. The molecule has 1 aromatic rings. The van der Waals surface area contributed by atoms with Crippen molar-refractivity contribution in [2.45, 2.75) is 6.43 Å². The Labute approximate surface area is 85.8 Å². The van der Waals surface area contributed by atoms with E-state index in [9.17, 15) is 8.78 Å². The molecule has 0 spiro atoms. The van der Waals surface area contributed by atoms with Gasteiger partial charge in [-0.25, -0.2) is 13.8 Å². The van der Waals surface area contributed by atoms with E-state index in [1.807, 2.05) is 0 Å². The summed E-state index contributed by atoms with van der Waals surface area (Å²) in [4.78, 5) is 3.50. The van der Waals surface area contributed by atoms with Gasteiger partial charge in [0.25, 0.3) is 6.43 Å². The number of hydrogen-bond donors (Lipinski definition) is 0. The molecule has 0 aromatic carbocycles. The monoisotopic (exact) mass is 275 g/mol. The van der Waals surface area contributed by atoms with Crippen LogP contribution < -0.4 is 0 Å². The lowest BCUT2D eigenvalue weighted by Crippen LogP contribution is -1.90. The zero-order chi connectivity index (χ0) is 9.30. The van der Waals surface area contributed by atoms with Gasteiger partial charge in [-0.05, 0) is 22.0 Å². The minimum Gasteiger partial charge on any atom is -0.223 e. The summed E-state index contributed by atoms with van der Waals surface area (Å²) in [5.74, 6) is 0. The molecule has 0 saturated carbocycles. The SMILES string of the molecule is FC(F)c1cc(Br)c(Cl)nc1Cl. The second kappa shape index (κ2) is 3.85. The third kappa shape index (κ3) is 2.06. The van der Waals surface area contributed by atoms with E-state index in [0.717, 1.165) is 6.07 Å². The topological polar surface area (TPSA) is 12.9 Å². The van der Waals surface area contributed by atoms with Crippen molar-refractivity contribution in [3.8, 4) is 0 Å². The lowest BCUT2D eigenvalue weighted by Gasteiger charge is -2.03. The van der Waals surface area contributed by atoms with E-state index in [0.29, 0.717) is 4.47 Å². The summed E-state index contributed by atoms with van der Waals surface area (Å²) in [7, 11) is 0. The maximum atomic E-state index is 12.2. The number of nitrogens with zero attached hydrogens (tertiary/aromatic N) is 1. The average Bonchev–Trinajstić information content (AvgIpc) is 1.96. The molecule has 0 bridgehead atoms. The van der Waals surface area contributed by atoms with Crippen LogP contribution in [0.25, 0.3) is 0 Å². The van der Waals surface area contributed by atoms with Crippen LogP contribution in [0.1, 0.15) is 12.0 Å². The van der Waals surface area contributed by atoms with Crippen molar-refractivity contribution in [2.24, 2.45) is 0 Å². The van der Waals surface area contributed by atoms with E-state index in [1.54, 1.807) is 0 Å². The standard InChI is InChI=1S/C6H2BrCl2F2N/c7-3-1-2(6(10)11)4(8)12-5(3)9/h1,6H. The summed E-state index contributed by atoms with van der Waals surface area (Å²) in [5.41, 5.74) is -0.326. The fraction of sp³-hybridized carbons (Fsp3) is 0.167. The van der Waals surface area contributed by atoms with Crippen molar-refractivity contribution >= 4 is 39.1 Å². The molecular weight excluding hydrogens is 275 g/mol. The maximum Gasteiger partial charge on any atom is 0.266 e. The van der Waals surface area contributed by atoms with E-state index in [4.69, 9.17) is 23.2 Å². The number of pyridine rings is 1. The molecule has 0 aliphatic heterocycles. The highest BCUT2D eigenvalue weighted by Gasteiger charge is 2.15.